The molecule has 0 radical (unpaired) electrons. The van der Waals surface area contributed by atoms with Crippen molar-refractivity contribution in [2.45, 2.75) is 97.2 Å². The number of hydrogen-bond acceptors (Lipinski definition) is 5. The lowest BCUT2D eigenvalue weighted by atomic mass is 9.43. The second kappa shape index (κ2) is 8.37. The maximum atomic E-state index is 11.8. The third kappa shape index (κ3) is 3.53. The highest BCUT2D eigenvalue weighted by atomic mass is 16.7. The lowest BCUT2D eigenvalue weighted by molar-refractivity contribution is -0.175. The van der Waals surface area contributed by atoms with Crippen LogP contribution in [0.25, 0.3) is 0 Å². The Labute approximate surface area is 182 Å². The molecule has 0 bridgehead atoms. The van der Waals surface area contributed by atoms with Gasteiger partial charge in [0, 0.05) is 13.5 Å². The molecule has 3 unspecified atom stereocenters. The summed E-state index contributed by atoms with van der Waals surface area (Å²) in [7, 11) is 1.61. The normalized spacial score (nSPS) is 48.9. The molecular formula is C25H43NO4. The van der Waals surface area contributed by atoms with Crippen LogP contribution in [-0.2, 0) is 9.63 Å². The Morgan fingerprint density at radius 2 is 1.87 bits per heavy atom. The van der Waals surface area contributed by atoms with E-state index in [4.69, 9.17) is 4.84 Å². The Hall–Kier alpha value is -0.650. The van der Waals surface area contributed by atoms with Gasteiger partial charge in [-0.05, 0) is 104 Å². The average Bonchev–Trinajstić information content (AvgIpc) is 3.07. The van der Waals surface area contributed by atoms with Crippen molar-refractivity contribution in [3.63, 3.8) is 0 Å². The first-order valence-corrected chi connectivity index (χ1v) is 12.4. The molecule has 30 heavy (non-hydrogen) atoms. The minimum Gasteiger partial charge on any atom is -0.393 e. The van der Waals surface area contributed by atoms with Crippen molar-refractivity contribution < 1.29 is 19.8 Å². The second-order valence-electron chi connectivity index (χ2n) is 11.6. The number of carbonyl (C=O) groups is 1. The Kier molecular flexibility index (Phi) is 6.29. The third-order valence-corrected chi connectivity index (χ3v) is 10.5. The summed E-state index contributed by atoms with van der Waals surface area (Å²) in [6.45, 7) is 7.10. The van der Waals surface area contributed by atoms with E-state index in [1.165, 1.54) is 25.7 Å². The Balaban J connectivity index is 1.50. The first-order valence-electron chi connectivity index (χ1n) is 12.4. The highest BCUT2D eigenvalue weighted by Gasteiger charge is 2.63. The van der Waals surface area contributed by atoms with Gasteiger partial charge < -0.3 is 15.1 Å². The van der Waals surface area contributed by atoms with Crippen LogP contribution in [0, 0.1) is 46.3 Å². The van der Waals surface area contributed by atoms with E-state index in [0.29, 0.717) is 41.9 Å². The van der Waals surface area contributed by atoms with Crippen LogP contribution in [-0.4, -0.2) is 35.4 Å². The van der Waals surface area contributed by atoms with Crippen LogP contribution in [0.2, 0.25) is 0 Å². The fourth-order valence-electron chi connectivity index (χ4n) is 8.87. The van der Waals surface area contributed by atoms with E-state index in [9.17, 15) is 15.0 Å². The van der Waals surface area contributed by atoms with Gasteiger partial charge in [0.25, 0.3) is 0 Å². The van der Waals surface area contributed by atoms with E-state index < -0.39 is 0 Å². The molecule has 4 aliphatic carbocycles. The molecule has 0 aliphatic heterocycles. The fraction of sp³-hybridized carbons (Fsp3) is 0.960. The predicted octanol–water partition coefficient (Wildman–Crippen LogP) is 4.07. The van der Waals surface area contributed by atoms with Crippen LogP contribution in [0.3, 0.4) is 0 Å². The SMILES string of the molecule is CNOC(=O)CC[C@@H](C)[C@H]1CCC2C3CC[C@@H]4C[C@H](O)CC[C@]4(C)C3C[C@H](O)[C@@]21C. The molecule has 0 heterocycles. The van der Waals surface area contributed by atoms with Crippen molar-refractivity contribution >= 4 is 5.97 Å². The van der Waals surface area contributed by atoms with Gasteiger partial charge in [0.2, 0.25) is 0 Å². The van der Waals surface area contributed by atoms with Crippen molar-refractivity contribution in [3.05, 3.63) is 0 Å². The van der Waals surface area contributed by atoms with Gasteiger partial charge >= 0.3 is 5.97 Å². The van der Waals surface area contributed by atoms with Crippen molar-refractivity contribution in [1.29, 1.82) is 0 Å². The van der Waals surface area contributed by atoms with Gasteiger partial charge in [-0.25, -0.2) is 0 Å². The van der Waals surface area contributed by atoms with Crippen molar-refractivity contribution in [2.75, 3.05) is 7.05 Å². The minimum absolute atomic E-state index is 0.0368. The zero-order chi connectivity index (χ0) is 21.7. The van der Waals surface area contributed by atoms with E-state index in [-0.39, 0.29) is 29.0 Å². The lowest BCUT2D eigenvalue weighted by Crippen LogP contribution is -2.58. The second-order valence-corrected chi connectivity index (χ2v) is 11.6. The molecule has 0 aromatic heterocycles. The summed E-state index contributed by atoms with van der Waals surface area (Å²) in [5.41, 5.74) is 2.72. The molecule has 10 atom stereocenters. The highest BCUT2D eigenvalue weighted by Crippen LogP contribution is 2.68. The fourth-order valence-corrected chi connectivity index (χ4v) is 8.87. The monoisotopic (exact) mass is 421 g/mol. The van der Waals surface area contributed by atoms with Gasteiger partial charge in [-0.1, -0.05) is 20.8 Å². The van der Waals surface area contributed by atoms with Crippen molar-refractivity contribution in [2.24, 2.45) is 46.3 Å². The van der Waals surface area contributed by atoms with E-state index in [1.807, 2.05) is 0 Å². The summed E-state index contributed by atoms with van der Waals surface area (Å²) in [4.78, 5) is 16.7. The Morgan fingerprint density at radius 1 is 1.10 bits per heavy atom. The Morgan fingerprint density at radius 3 is 2.60 bits per heavy atom. The summed E-state index contributed by atoms with van der Waals surface area (Å²) in [5.74, 6) is 3.20. The summed E-state index contributed by atoms with van der Waals surface area (Å²) in [6.07, 6.45) is 9.70. The highest BCUT2D eigenvalue weighted by molar-refractivity contribution is 5.68. The molecule has 5 nitrogen and oxygen atoms in total. The molecule has 4 rings (SSSR count). The van der Waals surface area contributed by atoms with Gasteiger partial charge in [0.05, 0.1) is 12.2 Å². The summed E-state index contributed by atoms with van der Waals surface area (Å²) >= 11 is 0. The van der Waals surface area contributed by atoms with Crippen LogP contribution in [0.15, 0.2) is 0 Å². The van der Waals surface area contributed by atoms with Crippen LogP contribution in [0.4, 0.5) is 0 Å². The minimum atomic E-state index is -0.259. The smallest absolute Gasteiger partial charge is 0.324 e. The zero-order valence-corrected chi connectivity index (χ0v) is 19.4. The first-order chi connectivity index (χ1) is 14.2. The van der Waals surface area contributed by atoms with E-state index in [0.717, 1.165) is 32.1 Å². The predicted molar refractivity (Wildman–Crippen MR) is 116 cm³/mol. The molecule has 0 amide bonds. The molecule has 0 spiro atoms. The van der Waals surface area contributed by atoms with E-state index >= 15 is 0 Å². The number of hydroxylamine groups is 1. The van der Waals surface area contributed by atoms with E-state index in [2.05, 4.69) is 26.3 Å². The summed E-state index contributed by atoms with van der Waals surface area (Å²) in [5, 5.41) is 21.8. The summed E-state index contributed by atoms with van der Waals surface area (Å²) < 4.78 is 0. The van der Waals surface area contributed by atoms with Crippen molar-refractivity contribution in [1.82, 2.24) is 5.48 Å². The van der Waals surface area contributed by atoms with Gasteiger partial charge in [0.1, 0.15) is 0 Å². The number of carbonyl (C=O) groups excluding carboxylic acids is 1. The van der Waals surface area contributed by atoms with Crippen LogP contribution < -0.4 is 5.48 Å². The number of aliphatic hydroxyl groups is 2. The molecular weight excluding hydrogens is 378 g/mol. The van der Waals surface area contributed by atoms with Crippen LogP contribution >= 0.6 is 0 Å². The largest absolute Gasteiger partial charge is 0.393 e. The standard InChI is InChI=1S/C25H43NO4/c1-15(5-10-23(29)30-26-4)19-8-9-20-18-7-6-16-13-17(27)11-12-24(16,2)21(18)14-22(28)25(19,20)3/h15-22,26-28H,5-14H2,1-4H3/t15-,16-,17-,18?,19-,20?,21?,22+,24+,25-/m1/s1. The number of rotatable bonds is 5. The molecule has 5 heteroatoms. The van der Waals surface area contributed by atoms with Gasteiger partial charge in [-0.3, -0.25) is 4.79 Å². The lowest BCUT2D eigenvalue weighted by Gasteiger charge is -2.62. The maximum absolute atomic E-state index is 11.8. The molecule has 3 N–H and O–H groups in total. The van der Waals surface area contributed by atoms with Gasteiger partial charge in [0.15, 0.2) is 0 Å². The molecule has 0 aromatic carbocycles. The topological polar surface area (TPSA) is 78.8 Å². The van der Waals surface area contributed by atoms with Gasteiger partial charge in [-0.15, -0.1) is 0 Å². The Bertz CT molecular complexity index is 641. The number of nitrogens with one attached hydrogen (secondary N) is 1. The quantitative estimate of drug-likeness (QED) is 0.583. The molecule has 4 aliphatic rings. The van der Waals surface area contributed by atoms with Crippen molar-refractivity contribution in [3.8, 4) is 0 Å². The number of fused-ring (bicyclic) bond motifs is 5. The van der Waals surface area contributed by atoms with E-state index in [1.54, 1.807) is 7.05 Å². The average molecular weight is 422 g/mol. The first kappa shape index (κ1) is 22.5. The molecule has 0 aromatic rings. The summed E-state index contributed by atoms with van der Waals surface area (Å²) in [6, 6.07) is 0. The van der Waals surface area contributed by atoms with Gasteiger partial charge in [-0.2, -0.15) is 5.48 Å². The number of hydrogen-bond donors (Lipinski definition) is 3. The van der Waals surface area contributed by atoms with Crippen LogP contribution in [0.1, 0.15) is 85.0 Å². The zero-order valence-electron chi connectivity index (χ0n) is 19.4. The molecule has 4 fully saturated rings. The molecule has 0 saturated heterocycles. The third-order valence-electron chi connectivity index (χ3n) is 10.5. The number of aliphatic hydroxyl groups excluding tert-OH is 2. The molecule has 172 valence electrons. The maximum Gasteiger partial charge on any atom is 0.324 e. The van der Waals surface area contributed by atoms with Crippen LogP contribution in [0.5, 0.6) is 0 Å². The molecule has 4 saturated carbocycles.